The number of methoxy groups -OCH3 is 1. The van der Waals surface area contributed by atoms with Gasteiger partial charge in [0.25, 0.3) is 0 Å². The van der Waals surface area contributed by atoms with Crippen molar-refractivity contribution in [3.8, 4) is 0 Å². The molecule has 4 nitrogen and oxygen atoms in total. The average Bonchev–Trinajstić information content (AvgIpc) is 2.58. The number of amides is 1. The Morgan fingerprint density at radius 3 is 2.71 bits per heavy atom. The average molecular weight is 242 g/mol. The Labute approximate surface area is 105 Å². The highest BCUT2D eigenvalue weighted by molar-refractivity contribution is 5.84. The molecule has 1 aliphatic rings. The molecule has 4 heteroatoms. The fourth-order valence-electron chi connectivity index (χ4n) is 2.44. The molecule has 1 saturated heterocycles. The second-order valence-corrected chi connectivity index (χ2v) is 4.98. The van der Waals surface area contributed by atoms with Crippen LogP contribution in [0.15, 0.2) is 0 Å². The van der Waals surface area contributed by atoms with Gasteiger partial charge < -0.3 is 9.64 Å². The summed E-state index contributed by atoms with van der Waals surface area (Å²) in [5.74, 6) is 0.648. The van der Waals surface area contributed by atoms with E-state index < -0.39 is 0 Å². The standard InChI is InChI=1S/C13H26N2O2/c1-5-7-12-14-11(6-2)13(16)15(12)8-10(3)9-17-4/h10-12,14H,5-9H2,1-4H3. The van der Waals surface area contributed by atoms with Gasteiger partial charge in [0.1, 0.15) is 0 Å². The SMILES string of the molecule is CCCC1NC(CC)C(=O)N1CC(C)COC. The number of hydrogen-bond acceptors (Lipinski definition) is 3. The predicted octanol–water partition coefficient (Wildman–Crippen LogP) is 1.61. The lowest BCUT2D eigenvalue weighted by molar-refractivity contribution is -0.130. The summed E-state index contributed by atoms with van der Waals surface area (Å²) < 4.78 is 5.14. The molecule has 1 amide bonds. The van der Waals surface area contributed by atoms with Crippen molar-refractivity contribution < 1.29 is 9.53 Å². The van der Waals surface area contributed by atoms with Crippen LogP contribution in [0, 0.1) is 5.92 Å². The summed E-state index contributed by atoms with van der Waals surface area (Å²) in [5.41, 5.74) is 0. The number of rotatable bonds is 7. The molecule has 0 radical (unpaired) electrons. The molecule has 3 atom stereocenters. The lowest BCUT2D eigenvalue weighted by Crippen LogP contribution is -2.40. The number of carbonyl (C=O) groups excluding carboxylic acids is 1. The third-order valence-corrected chi connectivity index (χ3v) is 3.28. The number of nitrogens with one attached hydrogen (secondary N) is 1. The van der Waals surface area contributed by atoms with Crippen LogP contribution in [0.4, 0.5) is 0 Å². The summed E-state index contributed by atoms with van der Waals surface area (Å²) in [6.07, 6.45) is 3.21. The van der Waals surface area contributed by atoms with Gasteiger partial charge in [0.2, 0.25) is 5.91 Å². The third-order valence-electron chi connectivity index (χ3n) is 3.28. The molecule has 3 unspecified atom stereocenters. The van der Waals surface area contributed by atoms with Gasteiger partial charge in [-0.25, -0.2) is 0 Å². The van der Waals surface area contributed by atoms with Crippen LogP contribution < -0.4 is 5.32 Å². The highest BCUT2D eigenvalue weighted by Gasteiger charge is 2.37. The molecule has 0 saturated carbocycles. The first-order valence-electron chi connectivity index (χ1n) is 6.69. The van der Waals surface area contributed by atoms with E-state index in [-0.39, 0.29) is 18.1 Å². The van der Waals surface area contributed by atoms with Crippen LogP contribution in [0.3, 0.4) is 0 Å². The van der Waals surface area contributed by atoms with Crippen molar-refractivity contribution in [1.82, 2.24) is 10.2 Å². The number of hydrogen-bond donors (Lipinski definition) is 1. The van der Waals surface area contributed by atoms with Gasteiger partial charge in [-0.3, -0.25) is 10.1 Å². The fraction of sp³-hybridized carbons (Fsp3) is 0.923. The van der Waals surface area contributed by atoms with Crippen molar-refractivity contribution in [1.29, 1.82) is 0 Å². The fourth-order valence-corrected chi connectivity index (χ4v) is 2.44. The Kier molecular flexibility index (Phi) is 5.92. The Bertz CT molecular complexity index is 246. The van der Waals surface area contributed by atoms with Crippen LogP contribution in [0.2, 0.25) is 0 Å². The van der Waals surface area contributed by atoms with Crippen molar-refractivity contribution in [2.24, 2.45) is 5.92 Å². The van der Waals surface area contributed by atoms with Gasteiger partial charge in [0.15, 0.2) is 0 Å². The van der Waals surface area contributed by atoms with Crippen LogP contribution in [-0.2, 0) is 9.53 Å². The van der Waals surface area contributed by atoms with Crippen molar-refractivity contribution >= 4 is 5.91 Å². The van der Waals surface area contributed by atoms with Gasteiger partial charge in [-0.1, -0.05) is 27.2 Å². The van der Waals surface area contributed by atoms with Crippen LogP contribution in [-0.4, -0.2) is 43.3 Å². The van der Waals surface area contributed by atoms with E-state index >= 15 is 0 Å². The van der Waals surface area contributed by atoms with Gasteiger partial charge in [-0.15, -0.1) is 0 Å². The minimum Gasteiger partial charge on any atom is -0.384 e. The van der Waals surface area contributed by atoms with Crippen LogP contribution in [0.5, 0.6) is 0 Å². The van der Waals surface area contributed by atoms with Crippen molar-refractivity contribution in [3.05, 3.63) is 0 Å². The van der Waals surface area contributed by atoms with E-state index in [1.807, 2.05) is 4.90 Å². The van der Waals surface area contributed by atoms with Gasteiger partial charge in [0.05, 0.1) is 18.8 Å². The van der Waals surface area contributed by atoms with Crippen LogP contribution in [0.1, 0.15) is 40.0 Å². The number of carbonyl (C=O) groups is 1. The molecule has 17 heavy (non-hydrogen) atoms. The largest absolute Gasteiger partial charge is 0.384 e. The predicted molar refractivity (Wildman–Crippen MR) is 68.7 cm³/mol. The normalized spacial score (nSPS) is 26.6. The lowest BCUT2D eigenvalue weighted by Gasteiger charge is -2.26. The summed E-state index contributed by atoms with van der Waals surface area (Å²) in [4.78, 5) is 14.2. The summed E-state index contributed by atoms with van der Waals surface area (Å²) in [6, 6.07) is 0.0151. The first-order valence-corrected chi connectivity index (χ1v) is 6.69. The molecule has 1 fully saturated rings. The summed E-state index contributed by atoms with van der Waals surface area (Å²) in [6.45, 7) is 7.84. The maximum absolute atomic E-state index is 12.2. The highest BCUT2D eigenvalue weighted by atomic mass is 16.5. The summed E-state index contributed by atoms with van der Waals surface area (Å²) >= 11 is 0. The maximum atomic E-state index is 12.2. The van der Waals surface area contributed by atoms with E-state index in [0.717, 1.165) is 25.8 Å². The van der Waals surface area contributed by atoms with Crippen molar-refractivity contribution in [2.45, 2.75) is 52.2 Å². The minimum absolute atomic E-state index is 0.0151. The van der Waals surface area contributed by atoms with Crippen molar-refractivity contribution in [2.75, 3.05) is 20.3 Å². The molecule has 0 aromatic rings. The molecule has 0 aromatic carbocycles. The molecular formula is C13H26N2O2. The van der Waals surface area contributed by atoms with Gasteiger partial charge in [-0.2, -0.15) is 0 Å². The van der Waals surface area contributed by atoms with Gasteiger partial charge in [0, 0.05) is 13.7 Å². The molecule has 1 N–H and O–H groups in total. The van der Waals surface area contributed by atoms with Crippen LogP contribution >= 0.6 is 0 Å². The Hall–Kier alpha value is -0.610. The van der Waals surface area contributed by atoms with Gasteiger partial charge in [-0.05, 0) is 18.8 Å². The quantitative estimate of drug-likeness (QED) is 0.737. The monoisotopic (exact) mass is 242 g/mol. The molecule has 1 heterocycles. The highest BCUT2D eigenvalue weighted by Crippen LogP contribution is 2.18. The summed E-state index contributed by atoms with van der Waals surface area (Å²) in [5, 5.41) is 3.42. The smallest absolute Gasteiger partial charge is 0.241 e. The Morgan fingerprint density at radius 2 is 2.18 bits per heavy atom. The maximum Gasteiger partial charge on any atom is 0.241 e. The molecule has 100 valence electrons. The van der Waals surface area contributed by atoms with E-state index in [1.165, 1.54) is 0 Å². The second kappa shape index (κ2) is 6.97. The summed E-state index contributed by atoms with van der Waals surface area (Å²) in [7, 11) is 1.71. The van der Waals surface area contributed by atoms with E-state index in [4.69, 9.17) is 4.74 Å². The molecule has 0 spiro atoms. The second-order valence-electron chi connectivity index (χ2n) is 4.98. The third kappa shape index (κ3) is 3.68. The first kappa shape index (κ1) is 14.5. The molecule has 0 aliphatic carbocycles. The zero-order valence-corrected chi connectivity index (χ0v) is 11.5. The van der Waals surface area contributed by atoms with E-state index in [1.54, 1.807) is 7.11 Å². The van der Waals surface area contributed by atoms with Crippen LogP contribution in [0.25, 0.3) is 0 Å². The first-order chi connectivity index (χ1) is 8.13. The molecule has 0 bridgehead atoms. The van der Waals surface area contributed by atoms with Gasteiger partial charge >= 0.3 is 0 Å². The lowest BCUT2D eigenvalue weighted by atomic mass is 10.1. The van der Waals surface area contributed by atoms with Crippen molar-refractivity contribution in [3.63, 3.8) is 0 Å². The zero-order valence-electron chi connectivity index (χ0n) is 11.5. The van der Waals surface area contributed by atoms with E-state index in [2.05, 4.69) is 26.1 Å². The minimum atomic E-state index is 0.0151. The molecular weight excluding hydrogens is 216 g/mol. The molecule has 1 rings (SSSR count). The Morgan fingerprint density at radius 1 is 1.47 bits per heavy atom. The molecule has 1 aliphatic heterocycles. The van der Waals surface area contributed by atoms with E-state index in [9.17, 15) is 4.79 Å². The molecule has 0 aromatic heterocycles. The van der Waals surface area contributed by atoms with E-state index in [0.29, 0.717) is 12.5 Å². The zero-order chi connectivity index (χ0) is 12.8. The number of ether oxygens (including phenoxy) is 1. The Balaban J connectivity index is 2.61. The number of nitrogens with zero attached hydrogens (tertiary/aromatic N) is 1. The topological polar surface area (TPSA) is 41.6 Å².